The lowest BCUT2D eigenvalue weighted by Gasteiger charge is -2.13. The Hall–Kier alpha value is -2.70. The second-order valence-electron chi connectivity index (χ2n) is 4.46. The molecule has 0 heterocycles. The van der Waals surface area contributed by atoms with Crippen LogP contribution in [0.15, 0.2) is 36.4 Å². The molecule has 0 fully saturated rings. The lowest BCUT2D eigenvalue weighted by Crippen LogP contribution is -2.45. The van der Waals surface area contributed by atoms with Crippen molar-refractivity contribution in [2.45, 2.75) is 19.4 Å². The molecule has 1 rings (SSSR count). The number of carboxylic acid groups (broad SMARTS) is 1. The van der Waals surface area contributed by atoms with Crippen molar-refractivity contribution in [2.75, 3.05) is 6.54 Å². The maximum atomic E-state index is 13.0. The van der Waals surface area contributed by atoms with E-state index in [0.29, 0.717) is 0 Å². The van der Waals surface area contributed by atoms with Gasteiger partial charge in [-0.25, -0.2) is 9.18 Å². The van der Waals surface area contributed by atoms with Crippen molar-refractivity contribution in [1.29, 1.82) is 0 Å². The lowest BCUT2D eigenvalue weighted by atomic mass is 10.2. The second kappa shape index (κ2) is 8.56. The number of halogens is 1. The molecule has 2 amide bonds. The Kier molecular flexibility index (Phi) is 6.75. The SMILES string of the molecule is C/C=C/CC(NC(=O)CNC(=O)c1cccc(F)c1)C(=O)O. The van der Waals surface area contributed by atoms with Gasteiger partial charge in [-0.2, -0.15) is 0 Å². The molecular formula is C15H17FN2O4. The van der Waals surface area contributed by atoms with E-state index in [4.69, 9.17) is 5.11 Å². The maximum Gasteiger partial charge on any atom is 0.326 e. The molecule has 118 valence electrons. The summed E-state index contributed by atoms with van der Waals surface area (Å²) in [6.45, 7) is 1.34. The summed E-state index contributed by atoms with van der Waals surface area (Å²) in [6, 6.07) is 3.96. The summed E-state index contributed by atoms with van der Waals surface area (Å²) in [6.07, 6.45) is 3.44. The van der Waals surface area contributed by atoms with Gasteiger partial charge >= 0.3 is 5.97 Å². The van der Waals surface area contributed by atoms with Crippen molar-refractivity contribution >= 4 is 17.8 Å². The van der Waals surface area contributed by atoms with Crippen LogP contribution >= 0.6 is 0 Å². The van der Waals surface area contributed by atoms with Crippen LogP contribution < -0.4 is 10.6 Å². The fourth-order valence-electron chi connectivity index (χ4n) is 1.63. The lowest BCUT2D eigenvalue weighted by molar-refractivity contribution is -0.141. The van der Waals surface area contributed by atoms with Gasteiger partial charge in [-0.1, -0.05) is 18.2 Å². The fourth-order valence-corrected chi connectivity index (χ4v) is 1.63. The molecule has 1 atom stereocenters. The molecule has 0 aromatic heterocycles. The number of aliphatic carboxylic acids is 1. The third-order valence-corrected chi connectivity index (χ3v) is 2.74. The van der Waals surface area contributed by atoms with E-state index in [1.54, 1.807) is 19.1 Å². The van der Waals surface area contributed by atoms with Crippen LogP contribution in [0.25, 0.3) is 0 Å². The minimum atomic E-state index is -1.16. The first-order chi connectivity index (χ1) is 10.4. The highest BCUT2D eigenvalue weighted by Crippen LogP contribution is 2.02. The largest absolute Gasteiger partial charge is 0.480 e. The molecule has 7 heteroatoms. The van der Waals surface area contributed by atoms with Crippen LogP contribution in [-0.2, 0) is 9.59 Å². The standard InChI is InChI=1S/C15H17FN2O4/c1-2-3-7-12(15(21)22)18-13(19)9-17-14(20)10-5-4-6-11(16)8-10/h2-6,8,12H,7,9H2,1H3,(H,17,20)(H,18,19)(H,21,22)/b3-2+. The molecule has 0 spiro atoms. The van der Waals surface area contributed by atoms with E-state index in [2.05, 4.69) is 10.6 Å². The first-order valence-corrected chi connectivity index (χ1v) is 6.61. The monoisotopic (exact) mass is 308 g/mol. The average Bonchev–Trinajstić information content (AvgIpc) is 2.48. The van der Waals surface area contributed by atoms with Crippen LogP contribution in [0.2, 0.25) is 0 Å². The van der Waals surface area contributed by atoms with Crippen molar-refractivity contribution in [3.8, 4) is 0 Å². The molecule has 0 aliphatic heterocycles. The van der Waals surface area contributed by atoms with Crippen molar-refractivity contribution in [3.05, 3.63) is 47.8 Å². The predicted octanol–water partition coefficient (Wildman–Crippen LogP) is 1.09. The van der Waals surface area contributed by atoms with Gasteiger partial charge in [0.2, 0.25) is 5.91 Å². The van der Waals surface area contributed by atoms with Crippen LogP contribution in [-0.4, -0.2) is 35.5 Å². The summed E-state index contributed by atoms with van der Waals surface area (Å²) in [4.78, 5) is 34.3. The minimum absolute atomic E-state index is 0.0801. The van der Waals surface area contributed by atoms with Gasteiger partial charge in [0.15, 0.2) is 0 Å². The Labute approximate surface area is 127 Å². The summed E-state index contributed by atoms with van der Waals surface area (Å²) in [5.74, 6) is -2.98. The Balaban J connectivity index is 2.51. The normalized spacial score (nSPS) is 11.9. The number of amides is 2. The van der Waals surface area contributed by atoms with E-state index in [1.807, 2.05) is 0 Å². The molecule has 0 bridgehead atoms. The number of benzene rings is 1. The van der Waals surface area contributed by atoms with Gasteiger partial charge < -0.3 is 15.7 Å². The Morgan fingerprint density at radius 3 is 2.68 bits per heavy atom. The third-order valence-electron chi connectivity index (χ3n) is 2.74. The van der Waals surface area contributed by atoms with E-state index in [9.17, 15) is 18.8 Å². The van der Waals surface area contributed by atoms with Crippen LogP contribution in [0.1, 0.15) is 23.7 Å². The van der Waals surface area contributed by atoms with Gasteiger partial charge in [0.1, 0.15) is 11.9 Å². The van der Waals surface area contributed by atoms with E-state index >= 15 is 0 Å². The molecule has 6 nitrogen and oxygen atoms in total. The number of carbonyl (C=O) groups is 3. The maximum absolute atomic E-state index is 13.0. The molecule has 22 heavy (non-hydrogen) atoms. The molecule has 0 radical (unpaired) electrons. The second-order valence-corrected chi connectivity index (χ2v) is 4.46. The molecular weight excluding hydrogens is 291 g/mol. The molecule has 0 aliphatic carbocycles. The summed E-state index contributed by atoms with van der Waals surface area (Å²) < 4.78 is 13.0. The molecule has 1 aromatic rings. The number of carbonyl (C=O) groups excluding carboxylic acids is 2. The van der Waals surface area contributed by atoms with Crippen molar-refractivity contribution in [2.24, 2.45) is 0 Å². The number of hydrogen-bond donors (Lipinski definition) is 3. The van der Waals surface area contributed by atoms with E-state index < -0.39 is 36.2 Å². The first-order valence-electron chi connectivity index (χ1n) is 6.61. The molecule has 0 aliphatic rings. The molecule has 1 aromatic carbocycles. The van der Waals surface area contributed by atoms with E-state index in [0.717, 1.165) is 6.07 Å². The van der Waals surface area contributed by atoms with Crippen molar-refractivity contribution in [1.82, 2.24) is 10.6 Å². The predicted molar refractivity (Wildman–Crippen MR) is 77.7 cm³/mol. The molecule has 1 unspecified atom stereocenters. The highest BCUT2D eigenvalue weighted by Gasteiger charge is 2.18. The smallest absolute Gasteiger partial charge is 0.326 e. The summed E-state index contributed by atoms with van der Waals surface area (Å²) in [5, 5.41) is 13.5. The number of nitrogens with one attached hydrogen (secondary N) is 2. The molecule has 0 saturated heterocycles. The van der Waals surface area contributed by atoms with Gasteiger partial charge in [-0.05, 0) is 31.5 Å². The summed E-state index contributed by atoms with van der Waals surface area (Å²) >= 11 is 0. The molecule has 0 saturated carbocycles. The summed E-state index contributed by atoms with van der Waals surface area (Å²) in [5.41, 5.74) is 0.0801. The van der Waals surface area contributed by atoms with Crippen LogP contribution in [0.5, 0.6) is 0 Å². The number of hydrogen-bond acceptors (Lipinski definition) is 3. The zero-order valence-electron chi connectivity index (χ0n) is 12.0. The Bertz CT molecular complexity index is 587. The molecule has 3 N–H and O–H groups in total. The van der Waals surface area contributed by atoms with Crippen LogP contribution in [0, 0.1) is 5.82 Å². The van der Waals surface area contributed by atoms with Gasteiger partial charge in [0.25, 0.3) is 5.91 Å². The number of carboxylic acids is 1. The topological polar surface area (TPSA) is 95.5 Å². The quantitative estimate of drug-likeness (QED) is 0.657. The van der Waals surface area contributed by atoms with Crippen molar-refractivity contribution < 1.29 is 23.9 Å². The Morgan fingerprint density at radius 2 is 2.09 bits per heavy atom. The highest BCUT2D eigenvalue weighted by molar-refractivity contribution is 5.96. The fraction of sp³-hybridized carbons (Fsp3) is 0.267. The zero-order valence-corrected chi connectivity index (χ0v) is 12.0. The van der Waals surface area contributed by atoms with Gasteiger partial charge in [0, 0.05) is 5.56 Å². The summed E-state index contributed by atoms with van der Waals surface area (Å²) in [7, 11) is 0. The minimum Gasteiger partial charge on any atom is -0.480 e. The van der Waals surface area contributed by atoms with E-state index in [1.165, 1.54) is 18.2 Å². The van der Waals surface area contributed by atoms with Crippen LogP contribution in [0.4, 0.5) is 4.39 Å². The highest BCUT2D eigenvalue weighted by atomic mass is 19.1. The number of allylic oxidation sites excluding steroid dienone is 1. The van der Waals surface area contributed by atoms with Gasteiger partial charge in [-0.15, -0.1) is 0 Å². The van der Waals surface area contributed by atoms with Gasteiger partial charge in [-0.3, -0.25) is 9.59 Å². The number of rotatable bonds is 7. The Morgan fingerprint density at radius 1 is 1.36 bits per heavy atom. The van der Waals surface area contributed by atoms with Crippen molar-refractivity contribution in [3.63, 3.8) is 0 Å². The first kappa shape index (κ1) is 17.4. The van der Waals surface area contributed by atoms with Gasteiger partial charge in [0.05, 0.1) is 6.54 Å². The average molecular weight is 308 g/mol. The van der Waals surface area contributed by atoms with E-state index in [-0.39, 0.29) is 12.0 Å². The van der Waals surface area contributed by atoms with Crippen LogP contribution in [0.3, 0.4) is 0 Å². The zero-order chi connectivity index (χ0) is 16.5. The third kappa shape index (κ3) is 5.74.